The summed E-state index contributed by atoms with van der Waals surface area (Å²) in [5, 5.41) is 10.4. The van der Waals surface area contributed by atoms with Crippen LogP contribution in [0, 0.1) is 11.8 Å². The van der Waals surface area contributed by atoms with Crippen molar-refractivity contribution in [2.75, 3.05) is 0 Å². The molecule has 0 aliphatic heterocycles. The predicted molar refractivity (Wildman–Crippen MR) is 61.4 cm³/mol. The van der Waals surface area contributed by atoms with Crippen LogP contribution in [0.2, 0.25) is 0 Å². The highest BCUT2D eigenvalue weighted by atomic mass is 15.1. The van der Waals surface area contributed by atoms with Crippen LogP contribution in [0.4, 0.5) is 0 Å². The van der Waals surface area contributed by atoms with E-state index in [0.717, 1.165) is 18.4 Å². The number of aromatic amines is 1. The van der Waals surface area contributed by atoms with Crippen LogP contribution in [0.5, 0.6) is 0 Å². The molecule has 3 unspecified atom stereocenters. The molecule has 0 spiro atoms. The maximum absolute atomic E-state index is 3.95. The topological polar surface area (TPSA) is 40.7 Å². The zero-order valence-corrected chi connectivity index (χ0v) is 9.66. The van der Waals surface area contributed by atoms with Gasteiger partial charge < -0.3 is 5.32 Å². The van der Waals surface area contributed by atoms with Crippen molar-refractivity contribution < 1.29 is 0 Å². The molecule has 1 saturated carbocycles. The van der Waals surface area contributed by atoms with Gasteiger partial charge in [-0.05, 0) is 24.7 Å². The van der Waals surface area contributed by atoms with Crippen molar-refractivity contribution >= 4 is 0 Å². The second-order valence-electron chi connectivity index (χ2n) is 4.99. The van der Waals surface area contributed by atoms with Gasteiger partial charge in [-0.1, -0.05) is 20.3 Å². The van der Waals surface area contributed by atoms with E-state index in [4.69, 9.17) is 0 Å². The minimum absolute atomic E-state index is 0.684. The minimum Gasteiger partial charge on any atom is -0.310 e. The van der Waals surface area contributed by atoms with E-state index in [0.29, 0.717) is 6.04 Å². The molecule has 84 valence electrons. The molecule has 3 heteroatoms. The Labute approximate surface area is 91.7 Å². The zero-order valence-electron chi connectivity index (χ0n) is 9.66. The van der Waals surface area contributed by atoms with Crippen LogP contribution in [0.25, 0.3) is 0 Å². The van der Waals surface area contributed by atoms with Crippen molar-refractivity contribution in [2.45, 2.75) is 45.7 Å². The Morgan fingerprint density at radius 3 is 3.07 bits per heavy atom. The Kier molecular flexibility index (Phi) is 3.41. The van der Waals surface area contributed by atoms with E-state index in [9.17, 15) is 0 Å². The van der Waals surface area contributed by atoms with E-state index in [1.807, 2.05) is 12.4 Å². The fourth-order valence-corrected chi connectivity index (χ4v) is 2.44. The number of nitrogens with one attached hydrogen (secondary N) is 2. The van der Waals surface area contributed by atoms with Gasteiger partial charge in [0.1, 0.15) is 0 Å². The van der Waals surface area contributed by atoms with E-state index < -0.39 is 0 Å². The first-order valence-electron chi connectivity index (χ1n) is 5.96. The van der Waals surface area contributed by atoms with Crippen molar-refractivity contribution in [2.24, 2.45) is 11.8 Å². The van der Waals surface area contributed by atoms with Crippen LogP contribution in [0.15, 0.2) is 12.4 Å². The number of nitrogens with zero attached hydrogens (tertiary/aromatic N) is 1. The summed E-state index contributed by atoms with van der Waals surface area (Å²) >= 11 is 0. The van der Waals surface area contributed by atoms with E-state index in [1.165, 1.54) is 24.8 Å². The summed E-state index contributed by atoms with van der Waals surface area (Å²) in [6, 6.07) is 0.684. The molecule has 1 aliphatic rings. The first kappa shape index (κ1) is 10.7. The molecule has 2 rings (SSSR count). The molecule has 3 atom stereocenters. The molecule has 1 heterocycles. The lowest BCUT2D eigenvalue weighted by molar-refractivity contribution is 0.227. The lowest BCUT2D eigenvalue weighted by atomic mass is 9.80. The van der Waals surface area contributed by atoms with Gasteiger partial charge >= 0.3 is 0 Å². The van der Waals surface area contributed by atoms with Gasteiger partial charge in [0.25, 0.3) is 0 Å². The molecule has 1 aliphatic carbocycles. The summed E-state index contributed by atoms with van der Waals surface area (Å²) in [4.78, 5) is 0. The fourth-order valence-electron chi connectivity index (χ4n) is 2.44. The number of aromatic nitrogens is 2. The van der Waals surface area contributed by atoms with Crippen molar-refractivity contribution in [3.63, 3.8) is 0 Å². The monoisotopic (exact) mass is 207 g/mol. The maximum atomic E-state index is 3.95. The summed E-state index contributed by atoms with van der Waals surface area (Å²) in [5.41, 5.74) is 1.25. The Hall–Kier alpha value is -0.830. The zero-order chi connectivity index (χ0) is 10.7. The van der Waals surface area contributed by atoms with Crippen LogP contribution in [-0.2, 0) is 6.54 Å². The van der Waals surface area contributed by atoms with Gasteiger partial charge in [0, 0.05) is 24.3 Å². The van der Waals surface area contributed by atoms with Crippen molar-refractivity contribution in [3.8, 4) is 0 Å². The van der Waals surface area contributed by atoms with Gasteiger partial charge in [-0.3, -0.25) is 5.10 Å². The lowest BCUT2D eigenvalue weighted by Gasteiger charge is -2.33. The van der Waals surface area contributed by atoms with Crippen LogP contribution in [0.1, 0.15) is 38.7 Å². The first-order chi connectivity index (χ1) is 7.25. The number of H-pyrrole nitrogens is 1. The second-order valence-corrected chi connectivity index (χ2v) is 4.99. The number of rotatable bonds is 3. The average molecular weight is 207 g/mol. The fraction of sp³-hybridized carbons (Fsp3) is 0.750. The number of hydrogen-bond donors (Lipinski definition) is 2. The third kappa shape index (κ3) is 2.81. The van der Waals surface area contributed by atoms with Gasteiger partial charge in [-0.25, -0.2) is 0 Å². The van der Waals surface area contributed by atoms with E-state index >= 15 is 0 Å². The highest BCUT2D eigenvalue weighted by Gasteiger charge is 2.24. The van der Waals surface area contributed by atoms with E-state index in [2.05, 4.69) is 29.4 Å². The smallest absolute Gasteiger partial charge is 0.0532 e. The minimum atomic E-state index is 0.684. The van der Waals surface area contributed by atoms with E-state index in [-0.39, 0.29) is 0 Å². The third-order valence-electron chi connectivity index (χ3n) is 3.58. The molecule has 0 radical (unpaired) electrons. The summed E-state index contributed by atoms with van der Waals surface area (Å²) < 4.78 is 0. The normalized spacial score (nSPS) is 31.7. The Bertz CT molecular complexity index is 281. The molecule has 2 N–H and O–H groups in total. The molecule has 0 bridgehead atoms. The van der Waals surface area contributed by atoms with Crippen molar-refractivity contribution in [1.82, 2.24) is 15.5 Å². The standard InChI is InChI=1S/C12H21N3/c1-9-3-4-10(2)12(5-9)13-6-11-7-14-15-8-11/h7-10,12-13H,3-6H2,1-2H3,(H,14,15). The predicted octanol–water partition coefficient (Wildman–Crippen LogP) is 2.32. The summed E-state index contributed by atoms with van der Waals surface area (Å²) in [6.45, 7) is 5.66. The molecule has 0 saturated heterocycles. The quantitative estimate of drug-likeness (QED) is 0.798. The lowest BCUT2D eigenvalue weighted by Crippen LogP contribution is -2.38. The first-order valence-corrected chi connectivity index (χ1v) is 5.96. The average Bonchev–Trinajstić information content (AvgIpc) is 2.72. The molecular formula is C12H21N3. The van der Waals surface area contributed by atoms with Crippen LogP contribution < -0.4 is 5.32 Å². The van der Waals surface area contributed by atoms with Gasteiger partial charge in [0.2, 0.25) is 0 Å². The summed E-state index contributed by atoms with van der Waals surface area (Å²) in [6.07, 6.45) is 7.93. The van der Waals surface area contributed by atoms with Crippen LogP contribution in [0.3, 0.4) is 0 Å². The van der Waals surface area contributed by atoms with Crippen LogP contribution in [-0.4, -0.2) is 16.2 Å². The van der Waals surface area contributed by atoms with Gasteiger partial charge in [0.05, 0.1) is 6.20 Å². The maximum Gasteiger partial charge on any atom is 0.0532 e. The molecule has 0 amide bonds. The molecule has 0 aromatic carbocycles. The van der Waals surface area contributed by atoms with Gasteiger partial charge in [-0.15, -0.1) is 0 Å². The second kappa shape index (κ2) is 4.79. The van der Waals surface area contributed by atoms with Crippen molar-refractivity contribution in [3.05, 3.63) is 18.0 Å². The largest absolute Gasteiger partial charge is 0.310 e. The van der Waals surface area contributed by atoms with Crippen LogP contribution >= 0.6 is 0 Å². The molecule has 1 aromatic rings. The SMILES string of the molecule is CC1CCC(C)C(NCc2cn[nH]c2)C1. The molecule has 3 nitrogen and oxygen atoms in total. The highest BCUT2D eigenvalue weighted by Crippen LogP contribution is 2.28. The van der Waals surface area contributed by atoms with Crippen molar-refractivity contribution in [1.29, 1.82) is 0 Å². The molecule has 1 fully saturated rings. The Morgan fingerprint density at radius 1 is 1.47 bits per heavy atom. The summed E-state index contributed by atoms with van der Waals surface area (Å²) in [7, 11) is 0. The van der Waals surface area contributed by atoms with Gasteiger partial charge in [-0.2, -0.15) is 5.10 Å². The van der Waals surface area contributed by atoms with E-state index in [1.54, 1.807) is 0 Å². The highest BCUT2D eigenvalue weighted by molar-refractivity contribution is 5.02. The Balaban J connectivity index is 1.82. The van der Waals surface area contributed by atoms with Gasteiger partial charge in [0.15, 0.2) is 0 Å². The molecule has 1 aromatic heterocycles. The Morgan fingerprint density at radius 2 is 2.33 bits per heavy atom. The number of hydrogen-bond acceptors (Lipinski definition) is 2. The molecular weight excluding hydrogens is 186 g/mol. The third-order valence-corrected chi connectivity index (χ3v) is 3.58. The summed E-state index contributed by atoms with van der Waals surface area (Å²) in [5.74, 6) is 1.69. The molecule has 15 heavy (non-hydrogen) atoms.